The average Bonchev–Trinajstić information content (AvgIpc) is 2.97. The van der Waals surface area contributed by atoms with E-state index < -0.39 is 0 Å². The van der Waals surface area contributed by atoms with Crippen molar-refractivity contribution in [3.05, 3.63) is 54.1 Å². The molecule has 0 amide bonds. The minimum Gasteiger partial charge on any atom is -0.497 e. The maximum Gasteiger partial charge on any atom is 0.295 e. The van der Waals surface area contributed by atoms with Gasteiger partial charge < -0.3 is 19.2 Å². The van der Waals surface area contributed by atoms with Crippen molar-refractivity contribution in [3.63, 3.8) is 0 Å². The lowest BCUT2D eigenvalue weighted by Crippen LogP contribution is -2.09. The van der Waals surface area contributed by atoms with Gasteiger partial charge in [-0.05, 0) is 29.8 Å². The molecule has 0 bridgehead atoms. The van der Waals surface area contributed by atoms with Crippen LogP contribution >= 0.6 is 0 Å². The van der Waals surface area contributed by atoms with Gasteiger partial charge in [-0.3, -0.25) is 0 Å². The SMILES string of the molecule is COc1cccc(COCCNc2nc3ccccc3o2)c1. The average molecular weight is 298 g/mol. The third kappa shape index (κ3) is 3.56. The predicted molar refractivity (Wildman–Crippen MR) is 85.1 cm³/mol. The molecule has 0 fully saturated rings. The molecule has 0 radical (unpaired) electrons. The number of nitrogens with zero attached hydrogens (tertiary/aromatic N) is 1. The lowest BCUT2D eigenvalue weighted by Gasteiger charge is -2.06. The van der Waals surface area contributed by atoms with Gasteiger partial charge in [-0.1, -0.05) is 24.3 Å². The van der Waals surface area contributed by atoms with Gasteiger partial charge in [0.15, 0.2) is 5.58 Å². The van der Waals surface area contributed by atoms with Crippen LogP contribution in [0.25, 0.3) is 11.1 Å². The number of anilines is 1. The zero-order valence-corrected chi connectivity index (χ0v) is 12.4. The fraction of sp³-hybridized carbons (Fsp3) is 0.235. The molecule has 22 heavy (non-hydrogen) atoms. The summed E-state index contributed by atoms with van der Waals surface area (Å²) in [7, 11) is 1.66. The lowest BCUT2D eigenvalue weighted by molar-refractivity contribution is 0.130. The summed E-state index contributed by atoms with van der Waals surface area (Å²) in [5, 5.41) is 3.12. The molecule has 0 saturated heterocycles. The van der Waals surface area contributed by atoms with E-state index in [1.807, 2.05) is 48.5 Å². The van der Waals surface area contributed by atoms with Gasteiger partial charge in [0.05, 0.1) is 20.3 Å². The van der Waals surface area contributed by atoms with Crippen molar-refractivity contribution in [2.24, 2.45) is 0 Å². The van der Waals surface area contributed by atoms with E-state index in [1.165, 1.54) is 0 Å². The van der Waals surface area contributed by atoms with Gasteiger partial charge in [0.1, 0.15) is 11.3 Å². The lowest BCUT2D eigenvalue weighted by atomic mass is 10.2. The summed E-state index contributed by atoms with van der Waals surface area (Å²) in [6.07, 6.45) is 0. The standard InChI is InChI=1S/C17H18N2O3/c1-20-14-6-4-5-13(11-14)12-21-10-9-18-17-19-15-7-2-3-8-16(15)22-17/h2-8,11H,9-10,12H2,1H3,(H,18,19). The van der Waals surface area contributed by atoms with Crippen LogP contribution in [0.4, 0.5) is 6.01 Å². The molecule has 0 saturated carbocycles. The number of hydrogen-bond donors (Lipinski definition) is 1. The van der Waals surface area contributed by atoms with Crippen LogP contribution in [-0.4, -0.2) is 25.2 Å². The van der Waals surface area contributed by atoms with Gasteiger partial charge in [-0.25, -0.2) is 0 Å². The Morgan fingerprint density at radius 3 is 2.91 bits per heavy atom. The number of hydrogen-bond acceptors (Lipinski definition) is 5. The number of ether oxygens (including phenoxy) is 2. The number of para-hydroxylation sites is 2. The molecule has 0 spiro atoms. The maximum atomic E-state index is 5.63. The number of nitrogens with one attached hydrogen (secondary N) is 1. The summed E-state index contributed by atoms with van der Waals surface area (Å²) >= 11 is 0. The van der Waals surface area contributed by atoms with Gasteiger partial charge in [-0.2, -0.15) is 4.98 Å². The molecule has 1 heterocycles. The molecule has 3 rings (SSSR count). The Bertz CT molecular complexity index is 706. The first-order valence-electron chi connectivity index (χ1n) is 7.15. The maximum absolute atomic E-state index is 5.63. The van der Waals surface area contributed by atoms with Crippen molar-refractivity contribution >= 4 is 17.1 Å². The topological polar surface area (TPSA) is 56.5 Å². The molecule has 114 valence electrons. The molecular formula is C17H18N2O3. The summed E-state index contributed by atoms with van der Waals surface area (Å²) in [6, 6.07) is 16.0. The summed E-state index contributed by atoms with van der Waals surface area (Å²) in [6.45, 7) is 1.75. The zero-order chi connectivity index (χ0) is 15.2. The van der Waals surface area contributed by atoms with Crippen LogP contribution in [-0.2, 0) is 11.3 Å². The van der Waals surface area contributed by atoms with Crippen molar-refractivity contribution in [2.75, 3.05) is 25.6 Å². The van der Waals surface area contributed by atoms with Crippen molar-refractivity contribution in [2.45, 2.75) is 6.61 Å². The molecule has 0 unspecified atom stereocenters. The Labute approximate surface area is 128 Å². The Morgan fingerprint density at radius 2 is 2.05 bits per heavy atom. The van der Waals surface area contributed by atoms with E-state index in [2.05, 4.69) is 10.3 Å². The first-order valence-corrected chi connectivity index (χ1v) is 7.15. The summed E-state index contributed by atoms with van der Waals surface area (Å²) in [4.78, 5) is 4.34. The van der Waals surface area contributed by atoms with Crippen molar-refractivity contribution < 1.29 is 13.9 Å². The van der Waals surface area contributed by atoms with Crippen molar-refractivity contribution in [1.29, 1.82) is 0 Å². The molecule has 2 aromatic carbocycles. The Morgan fingerprint density at radius 1 is 1.14 bits per heavy atom. The van der Waals surface area contributed by atoms with Gasteiger partial charge in [0, 0.05) is 6.54 Å². The molecule has 1 aromatic heterocycles. The number of methoxy groups -OCH3 is 1. The highest BCUT2D eigenvalue weighted by Gasteiger charge is 2.03. The third-order valence-electron chi connectivity index (χ3n) is 3.22. The van der Waals surface area contributed by atoms with E-state index in [0.717, 1.165) is 22.4 Å². The van der Waals surface area contributed by atoms with E-state index in [4.69, 9.17) is 13.9 Å². The summed E-state index contributed by atoms with van der Waals surface area (Å²) in [5.41, 5.74) is 2.71. The first kappa shape index (κ1) is 14.4. The minimum atomic E-state index is 0.520. The van der Waals surface area contributed by atoms with E-state index in [9.17, 15) is 0 Å². The van der Waals surface area contributed by atoms with E-state index in [0.29, 0.717) is 25.8 Å². The molecule has 1 N–H and O–H groups in total. The van der Waals surface area contributed by atoms with Crippen LogP contribution in [0, 0.1) is 0 Å². The molecular weight excluding hydrogens is 280 g/mol. The fourth-order valence-electron chi connectivity index (χ4n) is 2.13. The molecule has 5 nitrogen and oxygen atoms in total. The van der Waals surface area contributed by atoms with Crippen LogP contribution in [0.3, 0.4) is 0 Å². The Hall–Kier alpha value is -2.53. The number of aromatic nitrogens is 1. The van der Waals surface area contributed by atoms with Crippen LogP contribution in [0.15, 0.2) is 52.9 Å². The quantitative estimate of drug-likeness (QED) is 0.677. The van der Waals surface area contributed by atoms with E-state index in [1.54, 1.807) is 7.11 Å². The summed E-state index contributed by atoms with van der Waals surface area (Å²) in [5.74, 6) is 0.839. The minimum absolute atomic E-state index is 0.520. The second-order valence-electron chi connectivity index (χ2n) is 4.82. The van der Waals surface area contributed by atoms with Crippen molar-refractivity contribution in [1.82, 2.24) is 4.98 Å². The molecule has 3 aromatic rings. The highest BCUT2D eigenvalue weighted by molar-refractivity contribution is 5.74. The van der Waals surface area contributed by atoms with Gasteiger partial charge in [0.25, 0.3) is 6.01 Å². The zero-order valence-electron chi connectivity index (χ0n) is 12.4. The number of rotatable bonds is 7. The van der Waals surface area contributed by atoms with Crippen LogP contribution in [0.2, 0.25) is 0 Å². The molecule has 0 atom stereocenters. The Kier molecular flexibility index (Phi) is 4.56. The highest BCUT2D eigenvalue weighted by Crippen LogP contribution is 2.17. The smallest absolute Gasteiger partial charge is 0.295 e. The summed E-state index contributed by atoms with van der Waals surface area (Å²) < 4.78 is 16.4. The number of fused-ring (bicyclic) bond motifs is 1. The molecule has 0 aliphatic heterocycles. The highest BCUT2D eigenvalue weighted by atomic mass is 16.5. The molecule has 0 aliphatic rings. The number of benzene rings is 2. The van der Waals surface area contributed by atoms with E-state index in [-0.39, 0.29) is 0 Å². The molecule has 0 aliphatic carbocycles. The van der Waals surface area contributed by atoms with Crippen molar-refractivity contribution in [3.8, 4) is 5.75 Å². The normalized spacial score (nSPS) is 10.8. The van der Waals surface area contributed by atoms with Gasteiger partial charge >= 0.3 is 0 Å². The third-order valence-corrected chi connectivity index (χ3v) is 3.22. The van der Waals surface area contributed by atoms with Crippen LogP contribution < -0.4 is 10.1 Å². The number of oxazole rings is 1. The van der Waals surface area contributed by atoms with Crippen LogP contribution in [0.1, 0.15) is 5.56 Å². The molecule has 5 heteroatoms. The van der Waals surface area contributed by atoms with Gasteiger partial charge in [-0.15, -0.1) is 0 Å². The van der Waals surface area contributed by atoms with Gasteiger partial charge in [0.2, 0.25) is 0 Å². The largest absolute Gasteiger partial charge is 0.497 e. The second-order valence-corrected chi connectivity index (χ2v) is 4.82. The first-order chi connectivity index (χ1) is 10.8. The monoisotopic (exact) mass is 298 g/mol. The van der Waals surface area contributed by atoms with Crippen LogP contribution in [0.5, 0.6) is 5.75 Å². The second kappa shape index (κ2) is 6.95. The fourth-order valence-corrected chi connectivity index (χ4v) is 2.13. The van der Waals surface area contributed by atoms with E-state index >= 15 is 0 Å². The Balaban J connectivity index is 1.43. The predicted octanol–water partition coefficient (Wildman–Crippen LogP) is 3.47.